The Bertz CT molecular complexity index is 1600. The minimum absolute atomic E-state index is 0.0271. The van der Waals surface area contributed by atoms with Gasteiger partial charge in [-0.3, -0.25) is 19.4 Å². The quantitative estimate of drug-likeness (QED) is 0.0385. The molecule has 2 aromatic heterocycles. The molecule has 0 unspecified atom stereocenters. The second-order valence-electron chi connectivity index (χ2n) is 17.7. The van der Waals surface area contributed by atoms with Crippen LogP contribution in [0, 0.1) is 0 Å². The van der Waals surface area contributed by atoms with E-state index in [0.717, 1.165) is 86.9 Å². The zero-order valence-corrected chi connectivity index (χ0v) is 42.4. The zero-order chi connectivity index (χ0) is 44.4. The summed E-state index contributed by atoms with van der Waals surface area (Å²) in [5.41, 5.74) is 2.18. The Labute approximate surface area is 396 Å². The van der Waals surface area contributed by atoms with E-state index in [2.05, 4.69) is 39.8 Å². The minimum Gasteiger partial charge on any atom is -0.453 e. The summed E-state index contributed by atoms with van der Waals surface area (Å²) in [6, 6.07) is 4.19. The van der Waals surface area contributed by atoms with Crippen molar-refractivity contribution in [3.63, 3.8) is 0 Å². The lowest BCUT2D eigenvalue weighted by Gasteiger charge is -2.14. The molecule has 0 aliphatic carbocycles. The van der Waals surface area contributed by atoms with Gasteiger partial charge in [-0.25, -0.2) is 0 Å². The van der Waals surface area contributed by atoms with E-state index < -0.39 is 0 Å². The van der Waals surface area contributed by atoms with E-state index >= 15 is 0 Å². The number of thiocarbonyl (C=S) groups is 2. The first-order valence-electron chi connectivity index (χ1n) is 25.1. The molecule has 0 atom stereocenters. The Kier molecular flexibility index (Phi) is 26.2. The third-order valence-corrected chi connectivity index (χ3v) is 15.0. The van der Waals surface area contributed by atoms with E-state index in [1.807, 2.05) is 12.2 Å². The fourth-order valence-electron chi connectivity index (χ4n) is 8.44. The van der Waals surface area contributed by atoms with Gasteiger partial charge in [-0.2, -0.15) is 0 Å². The van der Waals surface area contributed by atoms with Crippen LogP contribution in [-0.4, -0.2) is 43.3 Å². The van der Waals surface area contributed by atoms with E-state index in [4.69, 9.17) is 33.3 Å². The number of hydrogen-bond donors (Lipinski definition) is 0. The molecule has 2 amide bonds. The molecule has 2 aliphatic heterocycles. The second-order valence-corrected chi connectivity index (χ2v) is 21.0. The Balaban J connectivity index is 1.45. The van der Waals surface area contributed by atoms with Gasteiger partial charge in [0.25, 0.3) is 11.8 Å². The highest BCUT2D eigenvalue weighted by atomic mass is 32.2. The van der Waals surface area contributed by atoms with Crippen LogP contribution in [0.2, 0.25) is 0 Å². The molecule has 10 heteroatoms. The Morgan fingerprint density at radius 1 is 0.452 bits per heavy atom. The summed E-state index contributed by atoms with van der Waals surface area (Å²) < 4.78 is 14.6. The van der Waals surface area contributed by atoms with Gasteiger partial charge in [-0.1, -0.05) is 230 Å². The van der Waals surface area contributed by atoms with E-state index in [1.54, 1.807) is 9.80 Å². The van der Waals surface area contributed by atoms with Crippen molar-refractivity contribution in [1.29, 1.82) is 0 Å². The van der Waals surface area contributed by atoms with Gasteiger partial charge in [0, 0.05) is 36.4 Å². The van der Waals surface area contributed by atoms with Gasteiger partial charge in [0.2, 0.25) is 0 Å². The van der Waals surface area contributed by atoms with Crippen molar-refractivity contribution in [3.8, 4) is 11.5 Å². The summed E-state index contributed by atoms with van der Waals surface area (Å²) in [4.78, 5) is 32.1. The molecule has 0 saturated carbocycles. The first-order valence-corrected chi connectivity index (χ1v) is 27.5. The van der Waals surface area contributed by atoms with E-state index in [0.29, 0.717) is 43.1 Å². The number of carbonyl (C=O) groups is 2. The van der Waals surface area contributed by atoms with Gasteiger partial charge < -0.3 is 8.83 Å². The first kappa shape index (κ1) is 52.5. The van der Waals surface area contributed by atoms with Crippen LogP contribution in [0.25, 0.3) is 23.7 Å². The van der Waals surface area contributed by atoms with Crippen LogP contribution in [0.15, 0.2) is 30.8 Å². The molecule has 0 spiro atoms. The van der Waals surface area contributed by atoms with Crippen molar-refractivity contribution in [2.24, 2.45) is 0 Å². The third kappa shape index (κ3) is 18.0. The fraction of sp³-hybridized carbons (Fsp3) is 0.692. The summed E-state index contributed by atoms with van der Waals surface area (Å²) in [7, 11) is 0. The number of unbranched alkanes of at least 4 members (excludes halogenated alkanes) is 24. The average molecular weight is 925 g/mol. The zero-order valence-electron chi connectivity index (χ0n) is 39.1. The minimum atomic E-state index is -0.0271. The molecule has 0 N–H and O–H groups in total. The van der Waals surface area contributed by atoms with Crippen molar-refractivity contribution < 1.29 is 18.4 Å². The predicted molar refractivity (Wildman–Crippen MR) is 276 cm³/mol. The molecular formula is C52H80N2O4S4. The number of amides is 2. The summed E-state index contributed by atoms with van der Waals surface area (Å²) >= 11 is 14.2. The lowest BCUT2D eigenvalue weighted by Crippen LogP contribution is -2.29. The molecule has 4 rings (SSSR count). The highest BCUT2D eigenvalue weighted by molar-refractivity contribution is 8.27. The molecule has 2 fully saturated rings. The topological polar surface area (TPSA) is 66.9 Å². The van der Waals surface area contributed by atoms with Gasteiger partial charge in [0.15, 0.2) is 11.5 Å². The Hall–Kier alpha value is -2.14. The van der Waals surface area contributed by atoms with Crippen molar-refractivity contribution in [1.82, 2.24) is 9.80 Å². The summed E-state index contributed by atoms with van der Waals surface area (Å²) in [6.45, 7) is 10.3. The molecule has 4 heterocycles. The highest BCUT2D eigenvalue weighted by Gasteiger charge is 2.34. The highest BCUT2D eigenvalue weighted by Crippen LogP contribution is 2.40. The maximum Gasteiger partial charge on any atom is 0.266 e. The van der Waals surface area contributed by atoms with Crippen molar-refractivity contribution >= 4 is 80.6 Å². The van der Waals surface area contributed by atoms with Crippen molar-refractivity contribution in [2.75, 3.05) is 13.1 Å². The van der Waals surface area contributed by atoms with Crippen LogP contribution in [0.1, 0.15) is 230 Å². The molecule has 2 saturated heterocycles. The second kappa shape index (κ2) is 30.9. The molecule has 0 aromatic carbocycles. The maximum absolute atomic E-state index is 13.7. The van der Waals surface area contributed by atoms with Crippen LogP contribution in [0.5, 0.6) is 0 Å². The normalized spacial score (nSPS) is 15.9. The molecular weight excluding hydrogens is 845 g/mol. The maximum atomic E-state index is 13.7. The molecule has 62 heavy (non-hydrogen) atoms. The number of thioether (sulfide) groups is 2. The number of nitrogens with zero attached hydrogens (tertiary/aromatic N) is 2. The van der Waals surface area contributed by atoms with Gasteiger partial charge in [0.1, 0.15) is 20.2 Å². The predicted octanol–water partition coefficient (Wildman–Crippen LogP) is 17.0. The number of rotatable bonds is 35. The van der Waals surface area contributed by atoms with E-state index in [1.165, 1.54) is 152 Å². The standard InChI is InChI=1S/C52H80N2O4S4/c1-5-9-13-17-19-21-23-25-27-31-35-53-49(55)45(61-51(53)59)39-43-37-41(33-29-15-11-7-3)47(57-43)48-42(34-30-16-12-8-4)38-44(58-48)40-46-50(56)54(52(60)62-46)36-32-28-26-24-22-20-18-14-10-6-2/h37-40H,5-36H2,1-4H3/b45-39-,46-40-. The monoisotopic (exact) mass is 925 g/mol. The molecule has 0 radical (unpaired) electrons. The van der Waals surface area contributed by atoms with Crippen LogP contribution < -0.4 is 0 Å². The van der Waals surface area contributed by atoms with Gasteiger partial charge in [0.05, 0.1) is 9.81 Å². The number of furan rings is 2. The largest absolute Gasteiger partial charge is 0.453 e. The molecule has 0 bridgehead atoms. The summed E-state index contributed by atoms with van der Waals surface area (Å²) in [6.07, 6.45) is 39.7. The Morgan fingerprint density at radius 3 is 1.06 bits per heavy atom. The lowest BCUT2D eigenvalue weighted by atomic mass is 10.0. The molecule has 346 valence electrons. The summed E-state index contributed by atoms with van der Waals surface area (Å²) in [5.74, 6) is 2.70. The van der Waals surface area contributed by atoms with Crippen LogP contribution in [0.3, 0.4) is 0 Å². The third-order valence-electron chi connectivity index (χ3n) is 12.2. The lowest BCUT2D eigenvalue weighted by molar-refractivity contribution is -0.123. The van der Waals surface area contributed by atoms with Crippen LogP contribution >= 0.6 is 48.0 Å². The number of hydrogen-bond acceptors (Lipinski definition) is 8. The van der Waals surface area contributed by atoms with E-state index in [-0.39, 0.29) is 11.8 Å². The molecule has 6 nitrogen and oxygen atoms in total. The van der Waals surface area contributed by atoms with Gasteiger partial charge >= 0.3 is 0 Å². The van der Waals surface area contributed by atoms with Crippen LogP contribution in [-0.2, 0) is 22.4 Å². The fourth-order valence-corrected chi connectivity index (χ4v) is 11.0. The van der Waals surface area contributed by atoms with Crippen molar-refractivity contribution in [2.45, 2.75) is 220 Å². The van der Waals surface area contributed by atoms with Gasteiger partial charge in [-0.15, -0.1) is 0 Å². The van der Waals surface area contributed by atoms with Gasteiger partial charge in [-0.05, 0) is 50.7 Å². The van der Waals surface area contributed by atoms with Crippen LogP contribution in [0.4, 0.5) is 0 Å². The molecule has 2 aromatic rings. The average Bonchev–Trinajstić information content (AvgIpc) is 3.99. The first-order chi connectivity index (χ1) is 30.3. The summed E-state index contributed by atoms with van der Waals surface area (Å²) in [5, 5.41) is 0. The molecule has 2 aliphatic rings. The number of carbonyl (C=O) groups excluding carboxylic acids is 2. The van der Waals surface area contributed by atoms with E-state index in [9.17, 15) is 9.59 Å². The Morgan fingerprint density at radius 2 is 0.742 bits per heavy atom. The smallest absolute Gasteiger partial charge is 0.266 e. The SMILES string of the molecule is CCCCCCCCCCCCN1C(=O)/C(=C/c2cc(CCCCCC)c(-c3oc(/C=C4\SC(=S)N(CCCCCCCCCCCC)C4=O)cc3CCCCCC)o2)SC1=S. The number of aryl methyl sites for hydroxylation is 2. The van der Waals surface area contributed by atoms with Crippen molar-refractivity contribution in [3.05, 3.63) is 44.6 Å².